The van der Waals surface area contributed by atoms with Gasteiger partial charge in [-0.2, -0.15) is 0 Å². The molecule has 0 saturated carbocycles. The summed E-state index contributed by atoms with van der Waals surface area (Å²) in [4.78, 5) is 12.1. The molecular weight excluding hydrogens is 210 g/mol. The van der Waals surface area contributed by atoms with Crippen molar-refractivity contribution in [2.24, 2.45) is 5.73 Å². The first kappa shape index (κ1) is 7.20. The number of hydrogen-bond acceptors (Lipinski definition) is 2. The molecule has 0 fully saturated rings. The van der Waals surface area contributed by atoms with Crippen LogP contribution >= 0.6 is 11.6 Å². The maximum atomic E-state index is 12.1. The number of carbonyl (C=O) groups excluding carboxylic acids is 1. The molecule has 1 unspecified atom stereocenters. The molecule has 1 aliphatic rings. The molecule has 0 heterocycles. The molecule has 0 spiro atoms. The summed E-state index contributed by atoms with van der Waals surface area (Å²) in [6.45, 7) is 0. The highest BCUT2D eigenvalue weighted by molar-refractivity contribution is 6.31. The first-order valence-electron chi connectivity index (χ1n) is 6.04. The van der Waals surface area contributed by atoms with E-state index in [0.717, 1.165) is 6.08 Å². The number of rotatable bonds is 1. The molecule has 0 aromatic heterocycles. The van der Waals surface area contributed by atoms with E-state index in [1.165, 1.54) is 0 Å². The van der Waals surface area contributed by atoms with Crippen molar-refractivity contribution in [3.8, 4) is 0 Å². The molecule has 1 aliphatic carbocycles. The standard InChI is InChI=1S/C12H12ClNO/c13-10-6-2-1-5-9(10)12(14)8-4-3-7-11(12)15/h1-3,5-7H,4,8,14H2/i4D2,7D. The van der Waals surface area contributed by atoms with Crippen LogP contribution in [0.1, 0.15) is 22.5 Å². The Balaban J connectivity index is 2.59. The van der Waals surface area contributed by atoms with Crippen LogP contribution in [0.3, 0.4) is 0 Å². The van der Waals surface area contributed by atoms with Crippen molar-refractivity contribution in [2.45, 2.75) is 18.3 Å². The Labute approximate surface area is 97.9 Å². The maximum absolute atomic E-state index is 12.1. The fraction of sp³-hybridized carbons (Fsp3) is 0.250. The van der Waals surface area contributed by atoms with Crippen LogP contribution in [-0.2, 0) is 10.3 Å². The van der Waals surface area contributed by atoms with Crippen molar-refractivity contribution in [3.63, 3.8) is 0 Å². The van der Waals surface area contributed by atoms with Crippen LogP contribution in [0.25, 0.3) is 0 Å². The number of halogens is 1. The molecule has 78 valence electrons. The van der Waals surface area contributed by atoms with E-state index in [2.05, 4.69) is 0 Å². The second kappa shape index (κ2) is 3.80. The van der Waals surface area contributed by atoms with Gasteiger partial charge < -0.3 is 5.73 Å². The minimum atomic E-state index is -1.79. The third-order valence-electron chi connectivity index (χ3n) is 2.45. The van der Waals surface area contributed by atoms with Crippen LogP contribution in [0, 0.1) is 0 Å². The van der Waals surface area contributed by atoms with E-state index in [-0.39, 0.29) is 6.42 Å². The van der Waals surface area contributed by atoms with Gasteiger partial charge in [-0.3, -0.25) is 4.79 Å². The average molecular weight is 225 g/mol. The Kier molecular flexibility index (Phi) is 1.82. The molecule has 0 aliphatic heterocycles. The molecule has 2 N–H and O–H groups in total. The van der Waals surface area contributed by atoms with Crippen LogP contribution in [0.15, 0.2) is 36.4 Å². The summed E-state index contributed by atoms with van der Waals surface area (Å²) < 4.78 is 23.0. The molecule has 1 atom stereocenters. The van der Waals surface area contributed by atoms with Gasteiger partial charge in [0.1, 0.15) is 5.54 Å². The molecule has 0 amide bonds. The van der Waals surface area contributed by atoms with E-state index in [1.807, 2.05) is 0 Å². The lowest BCUT2D eigenvalue weighted by atomic mass is 9.79. The average Bonchev–Trinajstić information content (AvgIpc) is 2.25. The fourth-order valence-electron chi connectivity index (χ4n) is 1.58. The molecule has 1 aromatic rings. The number of ketones is 1. The summed E-state index contributed by atoms with van der Waals surface area (Å²) in [5, 5.41) is 0.304. The Bertz CT molecular complexity index is 544. The van der Waals surface area contributed by atoms with E-state index in [9.17, 15) is 4.79 Å². The minimum absolute atomic E-state index is 0.217. The van der Waals surface area contributed by atoms with Crippen LogP contribution in [0.5, 0.6) is 0 Å². The predicted molar refractivity (Wildman–Crippen MR) is 60.7 cm³/mol. The summed E-state index contributed by atoms with van der Waals surface area (Å²) in [5.74, 6) is -0.606. The van der Waals surface area contributed by atoms with Gasteiger partial charge in [-0.15, -0.1) is 0 Å². The highest BCUT2D eigenvalue weighted by Gasteiger charge is 2.36. The van der Waals surface area contributed by atoms with Crippen LogP contribution < -0.4 is 5.73 Å². The zero-order valence-corrected chi connectivity index (χ0v) is 8.71. The Morgan fingerprint density at radius 1 is 1.53 bits per heavy atom. The van der Waals surface area contributed by atoms with Gasteiger partial charge in [0.05, 0.1) is 1.37 Å². The number of benzene rings is 1. The number of nitrogens with two attached hydrogens (primary N) is 1. The van der Waals surface area contributed by atoms with Gasteiger partial charge in [0.15, 0.2) is 5.78 Å². The van der Waals surface area contributed by atoms with Gasteiger partial charge in [0, 0.05) is 7.76 Å². The second-order valence-corrected chi connectivity index (χ2v) is 3.86. The van der Waals surface area contributed by atoms with Crippen LogP contribution in [-0.4, -0.2) is 5.78 Å². The molecule has 0 radical (unpaired) electrons. The van der Waals surface area contributed by atoms with Gasteiger partial charge >= 0.3 is 0 Å². The highest BCUT2D eigenvalue weighted by atomic mass is 35.5. The van der Waals surface area contributed by atoms with E-state index in [0.29, 0.717) is 10.6 Å². The van der Waals surface area contributed by atoms with Crippen molar-refractivity contribution in [2.75, 3.05) is 0 Å². The topological polar surface area (TPSA) is 43.1 Å². The minimum Gasteiger partial charge on any atom is -0.315 e. The Morgan fingerprint density at radius 3 is 3.00 bits per heavy atom. The lowest BCUT2D eigenvalue weighted by molar-refractivity contribution is -0.120. The molecule has 15 heavy (non-hydrogen) atoms. The molecule has 3 heteroatoms. The molecule has 2 nitrogen and oxygen atoms in total. The summed E-state index contributed by atoms with van der Waals surface area (Å²) in [5.41, 5.74) is 4.84. The van der Waals surface area contributed by atoms with Crippen LogP contribution in [0.4, 0.5) is 0 Å². The van der Waals surface area contributed by atoms with Crippen molar-refractivity contribution >= 4 is 17.4 Å². The van der Waals surface area contributed by atoms with Gasteiger partial charge in [-0.1, -0.05) is 35.9 Å². The van der Waals surface area contributed by atoms with Crippen molar-refractivity contribution < 1.29 is 8.91 Å². The van der Waals surface area contributed by atoms with E-state index >= 15 is 0 Å². The van der Waals surface area contributed by atoms with Gasteiger partial charge in [0.25, 0.3) is 0 Å². The van der Waals surface area contributed by atoms with Gasteiger partial charge in [-0.05, 0) is 30.5 Å². The predicted octanol–water partition coefficient (Wildman–Crippen LogP) is 2.41. The second-order valence-electron chi connectivity index (χ2n) is 3.45. The first-order chi connectivity index (χ1) is 8.26. The summed E-state index contributed by atoms with van der Waals surface area (Å²) in [6.07, 6.45) is -1.01. The summed E-state index contributed by atoms with van der Waals surface area (Å²) >= 11 is 6.02. The number of allylic oxidation sites excluding steroid dienone is 1. The number of carbonyl (C=O) groups is 1. The van der Waals surface area contributed by atoms with Gasteiger partial charge in [-0.25, -0.2) is 0 Å². The number of hydrogen-bond donors (Lipinski definition) is 1. The first-order valence-corrected chi connectivity index (χ1v) is 4.92. The summed E-state index contributed by atoms with van der Waals surface area (Å²) in [7, 11) is 0. The zero-order chi connectivity index (χ0) is 13.6. The van der Waals surface area contributed by atoms with Crippen molar-refractivity contribution in [1.82, 2.24) is 0 Å². The van der Waals surface area contributed by atoms with E-state index in [4.69, 9.17) is 21.4 Å². The third-order valence-corrected chi connectivity index (χ3v) is 2.78. The van der Waals surface area contributed by atoms with Crippen molar-refractivity contribution in [3.05, 3.63) is 47.0 Å². The van der Waals surface area contributed by atoms with E-state index < -0.39 is 23.7 Å². The van der Waals surface area contributed by atoms with Crippen molar-refractivity contribution in [1.29, 1.82) is 0 Å². The Morgan fingerprint density at radius 2 is 2.27 bits per heavy atom. The zero-order valence-electron chi connectivity index (χ0n) is 11.0. The Hall–Kier alpha value is -1.12. The fourth-order valence-corrected chi connectivity index (χ4v) is 1.88. The maximum Gasteiger partial charge on any atom is 0.179 e. The SMILES string of the molecule is [2H]C1=CC([2H])([2H])CC(N)(c2ccccc2Cl)C1=O. The molecule has 0 bridgehead atoms. The monoisotopic (exact) mass is 224 g/mol. The molecular formula is C12H12ClNO. The lowest BCUT2D eigenvalue weighted by Gasteiger charge is -2.30. The smallest absolute Gasteiger partial charge is 0.179 e. The molecule has 2 rings (SSSR count). The largest absolute Gasteiger partial charge is 0.315 e. The quantitative estimate of drug-likeness (QED) is 0.796. The summed E-state index contributed by atoms with van der Waals surface area (Å²) in [6, 6.07) is 6.16. The molecule has 1 aromatic carbocycles. The van der Waals surface area contributed by atoms with Crippen LogP contribution in [0.2, 0.25) is 5.02 Å². The van der Waals surface area contributed by atoms with Gasteiger partial charge in [0.2, 0.25) is 0 Å². The molecule has 0 saturated heterocycles. The highest BCUT2D eigenvalue weighted by Crippen LogP contribution is 2.33. The lowest BCUT2D eigenvalue weighted by Crippen LogP contribution is -2.45. The normalized spacial score (nSPS) is 32.5. The third kappa shape index (κ3) is 1.71. The van der Waals surface area contributed by atoms with E-state index in [1.54, 1.807) is 24.3 Å².